The van der Waals surface area contributed by atoms with Gasteiger partial charge in [0.2, 0.25) is 23.6 Å². The summed E-state index contributed by atoms with van der Waals surface area (Å²) in [6.45, 7) is 0.0771. The number of likely N-dealkylation sites (N-methyl/N-ethyl adjacent to an activating group) is 1. The number of amides is 4. The predicted octanol–water partition coefficient (Wildman–Crippen LogP) is 1.17. The second-order valence-corrected chi connectivity index (χ2v) is 8.64. The molecule has 1 fully saturated rings. The van der Waals surface area contributed by atoms with Crippen LogP contribution < -0.4 is 10.6 Å². The van der Waals surface area contributed by atoms with E-state index in [1.54, 1.807) is 6.07 Å². The van der Waals surface area contributed by atoms with Gasteiger partial charge in [-0.05, 0) is 17.2 Å². The predicted molar refractivity (Wildman–Crippen MR) is 123 cm³/mol. The van der Waals surface area contributed by atoms with Crippen LogP contribution in [0.4, 0.5) is 5.69 Å². The first kappa shape index (κ1) is 23.0. The minimum absolute atomic E-state index is 0.0620. The maximum atomic E-state index is 13.0. The highest BCUT2D eigenvalue weighted by Crippen LogP contribution is 2.46. The average molecular weight is 460 g/mol. The van der Waals surface area contributed by atoms with Crippen LogP contribution >= 0.6 is 0 Å². The standard InChI is InChI=1S/C25H25N5O4/c1-29(22(32)11-21(31)27-14-17-7-3-2-4-8-17)15-23(33)30-16-25(12-18(30)13-26)19-9-5-6-10-20(19)28-24(25)34/h2-10,18H,11-12,14-16H2,1H3,(H,27,31)(H,28,34)/t18-,25-/m0/s1. The number of fused-ring (bicyclic) bond motifs is 2. The molecular weight excluding hydrogens is 434 g/mol. The Hall–Kier alpha value is -4.19. The van der Waals surface area contributed by atoms with Gasteiger partial charge in [-0.15, -0.1) is 0 Å². The average Bonchev–Trinajstić information content (AvgIpc) is 3.37. The van der Waals surface area contributed by atoms with Gasteiger partial charge in [0, 0.05) is 32.2 Å². The Morgan fingerprint density at radius 3 is 2.62 bits per heavy atom. The van der Waals surface area contributed by atoms with Gasteiger partial charge >= 0.3 is 0 Å². The molecule has 2 N–H and O–H groups in total. The minimum Gasteiger partial charge on any atom is -0.352 e. The van der Waals surface area contributed by atoms with Crippen molar-refractivity contribution in [3.05, 3.63) is 65.7 Å². The highest BCUT2D eigenvalue weighted by molar-refractivity contribution is 6.07. The molecule has 34 heavy (non-hydrogen) atoms. The minimum atomic E-state index is -0.980. The van der Waals surface area contributed by atoms with Crippen molar-refractivity contribution in [2.24, 2.45) is 0 Å². The van der Waals surface area contributed by atoms with E-state index in [0.717, 1.165) is 11.1 Å². The zero-order valence-corrected chi connectivity index (χ0v) is 18.8. The van der Waals surface area contributed by atoms with Gasteiger partial charge in [-0.2, -0.15) is 5.26 Å². The molecule has 2 aliphatic heterocycles. The maximum Gasteiger partial charge on any atom is 0.243 e. The third kappa shape index (κ3) is 4.35. The van der Waals surface area contributed by atoms with Gasteiger partial charge in [-0.25, -0.2) is 0 Å². The van der Waals surface area contributed by atoms with Crippen LogP contribution in [0.15, 0.2) is 54.6 Å². The topological polar surface area (TPSA) is 123 Å². The fourth-order valence-electron chi connectivity index (χ4n) is 4.53. The quantitative estimate of drug-likeness (QED) is 0.628. The Bertz CT molecular complexity index is 1180. The fourth-order valence-corrected chi connectivity index (χ4v) is 4.53. The summed E-state index contributed by atoms with van der Waals surface area (Å²) in [4.78, 5) is 53.1. The van der Waals surface area contributed by atoms with Gasteiger partial charge in [-0.3, -0.25) is 19.2 Å². The molecule has 0 aliphatic carbocycles. The summed E-state index contributed by atoms with van der Waals surface area (Å²) in [5.74, 6) is -1.63. The SMILES string of the molecule is CN(CC(=O)N1C[C@]2(C[C@H]1C#N)C(=O)Nc1ccccc12)C(=O)CC(=O)NCc1ccccc1. The number of anilines is 1. The molecule has 4 amide bonds. The first-order chi connectivity index (χ1) is 16.3. The van der Waals surface area contributed by atoms with Crippen LogP contribution in [0.1, 0.15) is 24.0 Å². The molecule has 9 nitrogen and oxygen atoms in total. The number of carbonyl (C=O) groups excluding carboxylic acids is 4. The monoisotopic (exact) mass is 459 g/mol. The van der Waals surface area contributed by atoms with E-state index in [1.807, 2.05) is 48.5 Å². The second-order valence-electron chi connectivity index (χ2n) is 8.64. The lowest BCUT2D eigenvalue weighted by molar-refractivity contribution is -0.141. The summed E-state index contributed by atoms with van der Waals surface area (Å²) < 4.78 is 0. The molecule has 2 aromatic rings. The van der Waals surface area contributed by atoms with Gasteiger partial charge in [0.05, 0.1) is 18.0 Å². The molecule has 2 heterocycles. The molecule has 0 unspecified atom stereocenters. The van der Waals surface area contributed by atoms with Crippen molar-refractivity contribution in [2.75, 3.05) is 25.5 Å². The lowest BCUT2D eigenvalue weighted by Crippen LogP contribution is -2.45. The van der Waals surface area contributed by atoms with Crippen LogP contribution in [0.5, 0.6) is 0 Å². The summed E-state index contributed by atoms with van der Waals surface area (Å²) in [7, 11) is 1.44. The Morgan fingerprint density at radius 1 is 1.18 bits per heavy atom. The molecule has 2 aliphatic rings. The molecule has 9 heteroatoms. The number of carbonyl (C=O) groups is 4. The first-order valence-electron chi connectivity index (χ1n) is 11.0. The van der Waals surface area contributed by atoms with Crippen molar-refractivity contribution in [2.45, 2.75) is 30.8 Å². The summed E-state index contributed by atoms with van der Waals surface area (Å²) in [5.41, 5.74) is 1.39. The van der Waals surface area contributed by atoms with Crippen LogP contribution in [-0.4, -0.2) is 59.6 Å². The molecule has 0 radical (unpaired) electrons. The zero-order chi connectivity index (χ0) is 24.3. The number of benzene rings is 2. The Balaban J connectivity index is 1.36. The van der Waals surface area contributed by atoms with E-state index in [4.69, 9.17) is 0 Å². The van der Waals surface area contributed by atoms with Gasteiger partial charge < -0.3 is 20.4 Å². The van der Waals surface area contributed by atoms with E-state index in [9.17, 15) is 24.4 Å². The third-order valence-electron chi connectivity index (χ3n) is 6.40. The Labute approximate surface area is 197 Å². The van der Waals surface area contributed by atoms with E-state index in [-0.39, 0.29) is 25.4 Å². The molecular formula is C25H25N5O4. The maximum absolute atomic E-state index is 13.0. The number of para-hydroxylation sites is 1. The van der Waals surface area contributed by atoms with Gasteiger partial charge in [0.1, 0.15) is 12.5 Å². The van der Waals surface area contributed by atoms with Gasteiger partial charge in [0.15, 0.2) is 0 Å². The number of nitriles is 1. The van der Waals surface area contributed by atoms with Crippen LogP contribution in [0.2, 0.25) is 0 Å². The highest BCUT2D eigenvalue weighted by Gasteiger charge is 2.55. The molecule has 0 aromatic heterocycles. The molecule has 1 spiro atoms. The smallest absolute Gasteiger partial charge is 0.243 e. The number of rotatable bonds is 6. The highest BCUT2D eigenvalue weighted by atomic mass is 16.2. The van der Waals surface area contributed by atoms with E-state index < -0.39 is 35.6 Å². The normalized spacial score (nSPS) is 20.4. The molecule has 0 saturated carbocycles. The van der Waals surface area contributed by atoms with Crippen LogP contribution in [0.25, 0.3) is 0 Å². The van der Waals surface area contributed by atoms with Gasteiger partial charge in [-0.1, -0.05) is 48.5 Å². The number of nitrogens with one attached hydrogen (secondary N) is 2. The Morgan fingerprint density at radius 2 is 1.88 bits per heavy atom. The van der Waals surface area contributed by atoms with E-state index in [1.165, 1.54) is 16.8 Å². The number of nitrogens with zero attached hydrogens (tertiary/aromatic N) is 3. The lowest BCUT2D eigenvalue weighted by atomic mass is 9.80. The first-order valence-corrected chi connectivity index (χ1v) is 11.0. The number of hydrogen-bond acceptors (Lipinski definition) is 5. The molecule has 2 atom stereocenters. The number of likely N-dealkylation sites (tertiary alicyclic amines) is 1. The van der Waals surface area contributed by atoms with E-state index >= 15 is 0 Å². The molecule has 174 valence electrons. The van der Waals surface area contributed by atoms with Crippen molar-refractivity contribution < 1.29 is 19.2 Å². The zero-order valence-electron chi connectivity index (χ0n) is 18.8. The second kappa shape index (κ2) is 9.35. The van der Waals surface area contributed by atoms with Crippen LogP contribution in [0, 0.1) is 11.3 Å². The lowest BCUT2D eigenvalue weighted by Gasteiger charge is -2.25. The van der Waals surface area contributed by atoms with Crippen LogP contribution in [0.3, 0.4) is 0 Å². The summed E-state index contributed by atoms with van der Waals surface area (Å²) >= 11 is 0. The Kier molecular flexibility index (Phi) is 6.32. The van der Waals surface area contributed by atoms with Crippen molar-refractivity contribution >= 4 is 29.3 Å². The fraction of sp³-hybridized carbons (Fsp3) is 0.320. The largest absolute Gasteiger partial charge is 0.352 e. The van der Waals surface area contributed by atoms with Crippen molar-refractivity contribution in [1.82, 2.24) is 15.1 Å². The van der Waals surface area contributed by atoms with E-state index in [2.05, 4.69) is 16.7 Å². The van der Waals surface area contributed by atoms with Crippen molar-refractivity contribution in [3.8, 4) is 6.07 Å². The summed E-state index contributed by atoms with van der Waals surface area (Å²) in [6.07, 6.45) is -0.199. The van der Waals surface area contributed by atoms with Crippen LogP contribution in [-0.2, 0) is 31.1 Å². The molecule has 0 bridgehead atoms. The van der Waals surface area contributed by atoms with E-state index in [0.29, 0.717) is 12.2 Å². The summed E-state index contributed by atoms with van der Waals surface area (Å²) in [5, 5.41) is 15.2. The number of hydrogen-bond donors (Lipinski definition) is 2. The molecule has 1 saturated heterocycles. The molecule has 4 rings (SSSR count). The van der Waals surface area contributed by atoms with Crippen molar-refractivity contribution in [1.29, 1.82) is 5.26 Å². The van der Waals surface area contributed by atoms with Gasteiger partial charge in [0.25, 0.3) is 0 Å². The summed E-state index contributed by atoms with van der Waals surface area (Å²) in [6, 6.07) is 17.9. The van der Waals surface area contributed by atoms with Crippen molar-refractivity contribution in [3.63, 3.8) is 0 Å². The molecule has 2 aromatic carbocycles. The third-order valence-corrected chi connectivity index (χ3v) is 6.40.